The highest BCUT2D eigenvalue weighted by Crippen LogP contribution is 2.21. The highest BCUT2D eigenvalue weighted by atomic mass is 16.2. The Morgan fingerprint density at radius 3 is 2.46 bits per heavy atom. The van der Waals surface area contributed by atoms with Crippen LogP contribution in [0.15, 0.2) is 78.9 Å². The van der Waals surface area contributed by atoms with Crippen LogP contribution in [0.2, 0.25) is 0 Å². The van der Waals surface area contributed by atoms with Crippen molar-refractivity contribution in [2.24, 2.45) is 0 Å². The Morgan fingerprint density at radius 1 is 0.964 bits per heavy atom. The average Bonchev–Trinajstić information content (AvgIpc) is 2.74. The number of carbonyl (C=O) groups is 1. The van der Waals surface area contributed by atoms with Gasteiger partial charge >= 0.3 is 0 Å². The zero-order chi connectivity index (χ0) is 19.3. The highest BCUT2D eigenvalue weighted by molar-refractivity contribution is 5.83. The fourth-order valence-electron chi connectivity index (χ4n) is 3.94. The second kappa shape index (κ2) is 8.41. The molecule has 0 radical (unpaired) electrons. The minimum Gasteiger partial charge on any atom is -0.334 e. The summed E-state index contributed by atoms with van der Waals surface area (Å²) in [6, 6.07) is 25.4. The third kappa shape index (κ3) is 4.32. The molecule has 3 nitrogen and oxygen atoms in total. The van der Waals surface area contributed by atoms with Crippen molar-refractivity contribution in [1.29, 1.82) is 0 Å². The van der Waals surface area contributed by atoms with Gasteiger partial charge in [-0.1, -0.05) is 72.8 Å². The van der Waals surface area contributed by atoms with Gasteiger partial charge in [-0.3, -0.25) is 4.79 Å². The SMILES string of the molecule is C[NH+](CC(=O)N1CC=C(c2ccccc2)CC1)Cc1ccc2ccccc2c1. The van der Waals surface area contributed by atoms with Gasteiger partial charge in [0, 0.05) is 18.7 Å². The molecule has 1 N–H and O–H groups in total. The molecular formula is C25H27N2O+. The molecule has 3 aromatic carbocycles. The molecule has 1 heterocycles. The minimum atomic E-state index is 0.238. The van der Waals surface area contributed by atoms with Crippen molar-refractivity contribution in [3.63, 3.8) is 0 Å². The fraction of sp³-hybridized carbons (Fsp3) is 0.240. The Balaban J connectivity index is 1.33. The van der Waals surface area contributed by atoms with Crippen LogP contribution in [0.3, 0.4) is 0 Å². The summed E-state index contributed by atoms with van der Waals surface area (Å²) in [5.74, 6) is 0.238. The van der Waals surface area contributed by atoms with E-state index in [2.05, 4.69) is 79.9 Å². The van der Waals surface area contributed by atoms with E-state index in [-0.39, 0.29) is 5.91 Å². The second-order valence-corrected chi connectivity index (χ2v) is 7.68. The molecule has 0 saturated carbocycles. The standard InChI is InChI=1S/C25H26N2O/c1-26(18-20-11-12-22-9-5-6-10-24(22)17-20)19-25(28)27-15-13-23(14-16-27)21-7-3-2-4-8-21/h2-13,17H,14-16,18-19H2,1H3/p+1. The van der Waals surface area contributed by atoms with Crippen molar-refractivity contribution in [3.8, 4) is 0 Å². The van der Waals surface area contributed by atoms with Gasteiger partial charge in [0.1, 0.15) is 6.54 Å². The van der Waals surface area contributed by atoms with Crippen LogP contribution in [0.25, 0.3) is 16.3 Å². The van der Waals surface area contributed by atoms with Crippen LogP contribution in [-0.4, -0.2) is 37.5 Å². The van der Waals surface area contributed by atoms with Gasteiger partial charge < -0.3 is 9.80 Å². The van der Waals surface area contributed by atoms with Crippen molar-refractivity contribution < 1.29 is 9.69 Å². The molecule has 1 unspecified atom stereocenters. The smallest absolute Gasteiger partial charge is 0.278 e. The van der Waals surface area contributed by atoms with E-state index in [0.717, 1.165) is 19.5 Å². The molecule has 3 aromatic rings. The van der Waals surface area contributed by atoms with Crippen LogP contribution in [-0.2, 0) is 11.3 Å². The first-order valence-electron chi connectivity index (χ1n) is 10.0. The van der Waals surface area contributed by atoms with E-state index in [4.69, 9.17) is 0 Å². The fourth-order valence-corrected chi connectivity index (χ4v) is 3.94. The summed E-state index contributed by atoms with van der Waals surface area (Å²) in [6.07, 6.45) is 3.13. The number of fused-ring (bicyclic) bond motifs is 1. The first kappa shape index (κ1) is 18.5. The molecule has 0 saturated heterocycles. The monoisotopic (exact) mass is 371 g/mol. The first-order valence-corrected chi connectivity index (χ1v) is 10.0. The predicted molar refractivity (Wildman–Crippen MR) is 115 cm³/mol. The average molecular weight is 372 g/mol. The van der Waals surface area contributed by atoms with Gasteiger partial charge in [-0.05, 0) is 34.4 Å². The molecule has 0 aliphatic carbocycles. The zero-order valence-corrected chi connectivity index (χ0v) is 16.4. The summed E-state index contributed by atoms with van der Waals surface area (Å²) in [5.41, 5.74) is 3.89. The molecule has 3 heteroatoms. The molecule has 1 aliphatic heterocycles. The lowest BCUT2D eigenvalue weighted by atomic mass is 9.99. The third-order valence-corrected chi connectivity index (χ3v) is 5.48. The van der Waals surface area contributed by atoms with Crippen molar-refractivity contribution in [2.75, 3.05) is 26.7 Å². The maximum atomic E-state index is 12.7. The van der Waals surface area contributed by atoms with E-state index in [9.17, 15) is 4.79 Å². The molecule has 1 amide bonds. The minimum absolute atomic E-state index is 0.238. The molecule has 28 heavy (non-hydrogen) atoms. The van der Waals surface area contributed by atoms with Gasteiger partial charge in [-0.2, -0.15) is 0 Å². The van der Waals surface area contributed by atoms with Crippen molar-refractivity contribution in [3.05, 3.63) is 90.0 Å². The highest BCUT2D eigenvalue weighted by Gasteiger charge is 2.21. The first-order chi connectivity index (χ1) is 13.7. The quantitative estimate of drug-likeness (QED) is 0.732. The van der Waals surface area contributed by atoms with E-state index >= 15 is 0 Å². The normalized spacial score (nSPS) is 15.3. The van der Waals surface area contributed by atoms with E-state index < -0.39 is 0 Å². The molecular weight excluding hydrogens is 344 g/mol. The number of benzene rings is 3. The summed E-state index contributed by atoms with van der Waals surface area (Å²) >= 11 is 0. The molecule has 1 atom stereocenters. The molecule has 0 fully saturated rings. The van der Waals surface area contributed by atoms with Crippen molar-refractivity contribution >= 4 is 22.3 Å². The summed E-state index contributed by atoms with van der Waals surface area (Å²) in [6.45, 7) is 2.91. The molecule has 0 spiro atoms. The lowest BCUT2D eigenvalue weighted by Crippen LogP contribution is -3.08. The number of rotatable bonds is 5. The molecule has 0 aromatic heterocycles. The van der Waals surface area contributed by atoms with Crippen LogP contribution in [0.1, 0.15) is 17.5 Å². The Bertz CT molecular complexity index is 994. The number of nitrogens with one attached hydrogen (secondary N) is 1. The Labute approximate surface area is 166 Å². The maximum Gasteiger partial charge on any atom is 0.278 e. The number of carbonyl (C=O) groups excluding carboxylic acids is 1. The number of quaternary nitrogens is 1. The van der Waals surface area contributed by atoms with Gasteiger partial charge in [0.25, 0.3) is 5.91 Å². The van der Waals surface area contributed by atoms with E-state index in [0.29, 0.717) is 13.1 Å². The van der Waals surface area contributed by atoms with Crippen LogP contribution in [0, 0.1) is 0 Å². The lowest BCUT2D eigenvalue weighted by molar-refractivity contribution is -0.885. The van der Waals surface area contributed by atoms with E-state index in [1.807, 2.05) is 11.0 Å². The van der Waals surface area contributed by atoms with E-state index in [1.165, 1.54) is 32.4 Å². The molecule has 142 valence electrons. The predicted octanol–water partition coefficient (Wildman–Crippen LogP) is 3.17. The lowest BCUT2D eigenvalue weighted by Gasteiger charge is -2.27. The Kier molecular flexibility index (Phi) is 5.54. The zero-order valence-electron chi connectivity index (χ0n) is 16.4. The van der Waals surface area contributed by atoms with Crippen molar-refractivity contribution in [2.45, 2.75) is 13.0 Å². The largest absolute Gasteiger partial charge is 0.334 e. The topological polar surface area (TPSA) is 24.8 Å². The van der Waals surface area contributed by atoms with Gasteiger partial charge in [0.05, 0.1) is 7.05 Å². The van der Waals surface area contributed by atoms with Crippen LogP contribution >= 0.6 is 0 Å². The summed E-state index contributed by atoms with van der Waals surface area (Å²) in [5, 5.41) is 2.52. The summed E-state index contributed by atoms with van der Waals surface area (Å²) in [4.78, 5) is 15.9. The summed E-state index contributed by atoms with van der Waals surface area (Å²) < 4.78 is 0. The molecule has 0 bridgehead atoms. The maximum absolute atomic E-state index is 12.7. The Hall–Kier alpha value is -2.91. The summed E-state index contributed by atoms with van der Waals surface area (Å²) in [7, 11) is 2.10. The molecule has 4 rings (SSSR count). The van der Waals surface area contributed by atoms with Gasteiger partial charge in [-0.25, -0.2) is 0 Å². The third-order valence-electron chi connectivity index (χ3n) is 5.48. The van der Waals surface area contributed by atoms with Crippen LogP contribution < -0.4 is 4.90 Å². The van der Waals surface area contributed by atoms with Gasteiger partial charge in [0.2, 0.25) is 0 Å². The second-order valence-electron chi connectivity index (χ2n) is 7.68. The molecule has 1 aliphatic rings. The van der Waals surface area contributed by atoms with Crippen molar-refractivity contribution in [1.82, 2.24) is 4.90 Å². The number of hydrogen-bond acceptors (Lipinski definition) is 1. The van der Waals surface area contributed by atoms with Crippen LogP contribution in [0.5, 0.6) is 0 Å². The van der Waals surface area contributed by atoms with Crippen LogP contribution in [0.4, 0.5) is 0 Å². The number of nitrogens with zero attached hydrogens (tertiary/aromatic N) is 1. The van der Waals surface area contributed by atoms with E-state index in [1.54, 1.807) is 0 Å². The number of amides is 1. The van der Waals surface area contributed by atoms with Gasteiger partial charge in [-0.15, -0.1) is 0 Å². The number of hydrogen-bond donors (Lipinski definition) is 1. The number of likely N-dealkylation sites (N-methyl/N-ethyl adjacent to an activating group) is 1. The Morgan fingerprint density at radius 2 is 1.71 bits per heavy atom. The van der Waals surface area contributed by atoms with Gasteiger partial charge in [0.15, 0.2) is 6.54 Å².